The van der Waals surface area contributed by atoms with E-state index in [9.17, 15) is 14.7 Å². The Kier molecular flexibility index (Phi) is 4.95. The van der Waals surface area contributed by atoms with Gasteiger partial charge in [0.1, 0.15) is 0 Å². The first-order valence-electron chi connectivity index (χ1n) is 8.46. The van der Waals surface area contributed by atoms with Crippen molar-refractivity contribution < 1.29 is 14.7 Å². The Labute approximate surface area is 127 Å². The van der Waals surface area contributed by atoms with Crippen LogP contribution in [0.3, 0.4) is 0 Å². The number of carbonyl (C=O) groups is 2. The maximum atomic E-state index is 12.8. The lowest BCUT2D eigenvalue weighted by molar-refractivity contribution is -0.157. The molecule has 0 aromatic carbocycles. The van der Waals surface area contributed by atoms with Crippen molar-refractivity contribution in [3.05, 3.63) is 0 Å². The number of rotatable bonds is 4. The normalized spacial score (nSPS) is 24.6. The maximum Gasteiger partial charge on any atom is 0.309 e. The summed E-state index contributed by atoms with van der Waals surface area (Å²) < 4.78 is 0. The van der Waals surface area contributed by atoms with Crippen LogP contribution in [0.2, 0.25) is 0 Å². The van der Waals surface area contributed by atoms with Gasteiger partial charge in [0.05, 0.1) is 5.41 Å². The van der Waals surface area contributed by atoms with Gasteiger partial charge in [0.2, 0.25) is 5.91 Å². The minimum absolute atomic E-state index is 0.202. The van der Waals surface area contributed by atoms with Gasteiger partial charge >= 0.3 is 5.97 Å². The number of carboxylic acids is 1. The van der Waals surface area contributed by atoms with E-state index < -0.39 is 11.4 Å². The molecule has 0 spiro atoms. The third kappa shape index (κ3) is 3.24. The van der Waals surface area contributed by atoms with Crippen LogP contribution in [0, 0.1) is 10.8 Å². The smallest absolute Gasteiger partial charge is 0.309 e. The van der Waals surface area contributed by atoms with Crippen molar-refractivity contribution >= 4 is 11.9 Å². The molecule has 0 aromatic rings. The van der Waals surface area contributed by atoms with Crippen molar-refractivity contribution in [3.8, 4) is 0 Å². The van der Waals surface area contributed by atoms with Gasteiger partial charge in [0.15, 0.2) is 0 Å². The third-order valence-corrected chi connectivity index (χ3v) is 5.66. The van der Waals surface area contributed by atoms with Crippen molar-refractivity contribution in [2.24, 2.45) is 10.8 Å². The van der Waals surface area contributed by atoms with E-state index in [-0.39, 0.29) is 11.3 Å². The molecule has 0 bridgehead atoms. The number of aliphatic carboxylic acids is 1. The Morgan fingerprint density at radius 3 is 2.10 bits per heavy atom. The van der Waals surface area contributed by atoms with Gasteiger partial charge < -0.3 is 10.0 Å². The molecule has 1 saturated carbocycles. The molecule has 1 aliphatic carbocycles. The van der Waals surface area contributed by atoms with Gasteiger partial charge in [0.25, 0.3) is 0 Å². The highest BCUT2D eigenvalue weighted by atomic mass is 16.4. The second-order valence-electron chi connectivity index (χ2n) is 7.25. The number of hydrogen-bond donors (Lipinski definition) is 1. The molecule has 0 unspecified atom stereocenters. The molecule has 2 rings (SSSR count). The first kappa shape index (κ1) is 16.3. The zero-order valence-electron chi connectivity index (χ0n) is 13.5. The zero-order valence-corrected chi connectivity index (χ0v) is 13.5. The predicted molar refractivity (Wildman–Crippen MR) is 82.0 cm³/mol. The van der Waals surface area contributed by atoms with E-state index in [0.717, 1.165) is 38.5 Å². The van der Waals surface area contributed by atoms with Gasteiger partial charge in [-0.3, -0.25) is 9.59 Å². The minimum atomic E-state index is -0.680. The van der Waals surface area contributed by atoms with Crippen LogP contribution in [-0.4, -0.2) is 35.0 Å². The predicted octanol–water partition coefficient (Wildman–Crippen LogP) is 3.45. The summed E-state index contributed by atoms with van der Waals surface area (Å²) in [6, 6.07) is 0. The van der Waals surface area contributed by atoms with Crippen molar-refractivity contribution in [1.82, 2.24) is 4.90 Å². The Morgan fingerprint density at radius 1 is 1.05 bits per heavy atom. The lowest BCUT2D eigenvalue weighted by Crippen LogP contribution is -2.51. The number of piperidine rings is 1. The van der Waals surface area contributed by atoms with Crippen LogP contribution in [0.4, 0.5) is 0 Å². The highest BCUT2D eigenvalue weighted by Gasteiger charge is 2.44. The maximum absolute atomic E-state index is 12.8. The number of hydrogen-bond acceptors (Lipinski definition) is 2. The van der Waals surface area contributed by atoms with Gasteiger partial charge in [-0.2, -0.15) is 0 Å². The quantitative estimate of drug-likeness (QED) is 0.864. The van der Waals surface area contributed by atoms with Crippen molar-refractivity contribution in [1.29, 1.82) is 0 Å². The van der Waals surface area contributed by atoms with Crippen LogP contribution in [0.15, 0.2) is 0 Å². The van der Waals surface area contributed by atoms with Crippen molar-refractivity contribution in [3.63, 3.8) is 0 Å². The summed E-state index contributed by atoms with van der Waals surface area (Å²) in [5.41, 5.74) is -0.800. The summed E-state index contributed by atoms with van der Waals surface area (Å²) in [6.07, 6.45) is 8.33. The van der Waals surface area contributed by atoms with E-state index >= 15 is 0 Å². The average molecular weight is 295 g/mol. The fraction of sp³-hybridized carbons (Fsp3) is 0.882. The molecule has 1 saturated heterocycles. The summed E-state index contributed by atoms with van der Waals surface area (Å²) in [5.74, 6) is -0.419. The van der Waals surface area contributed by atoms with Gasteiger partial charge in [-0.05, 0) is 32.1 Å². The lowest BCUT2D eigenvalue weighted by atomic mass is 9.72. The van der Waals surface area contributed by atoms with Gasteiger partial charge in [-0.1, -0.05) is 39.5 Å². The molecule has 2 fully saturated rings. The van der Waals surface area contributed by atoms with Crippen molar-refractivity contribution in [2.45, 2.75) is 71.6 Å². The van der Waals surface area contributed by atoms with E-state index in [1.807, 2.05) is 11.8 Å². The van der Waals surface area contributed by atoms with E-state index in [2.05, 4.69) is 6.92 Å². The molecule has 2 aliphatic rings. The molecule has 4 heteroatoms. The Balaban J connectivity index is 1.99. The summed E-state index contributed by atoms with van der Waals surface area (Å²) in [4.78, 5) is 26.3. The summed E-state index contributed by atoms with van der Waals surface area (Å²) in [5, 5.41) is 9.54. The molecule has 1 heterocycles. The summed E-state index contributed by atoms with van der Waals surface area (Å²) in [7, 11) is 0. The average Bonchev–Trinajstić information content (AvgIpc) is 2.48. The fourth-order valence-corrected chi connectivity index (χ4v) is 4.11. The standard InChI is InChI=1S/C17H29NO3/c1-3-7-17(15(20)21)10-12-18(13-11-17)14(19)16(2)8-5-4-6-9-16/h3-13H2,1-2H3,(H,20,21). The molecule has 1 amide bonds. The van der Waals surface area contributed by atoms with E-state index in [1.54, 1.807) is 0 Å². The van der Waals surface area contributed by atoms with Crippen molar-refractivity contribution in [2.75, 3.05) is 13.1 Å². The largest absolute Gasteiger partial charge is 0.481 e. The second kappa shape index (κ2) is 6.37. The molecular formula is C17H29NO3. The molecule has 1 aliphatic heterocycles. The zero-order chi connectivity index (χ0) is 15.5. The number of nitrogens with zero attached hydrogens (tertiary/aromatic N) is 1. The summed E-state index contributed by atoms with van der Waals surface area (Å²) in [6.45, 7) is 5.35. The SMILES string of the molecule is CCCC1(C(=O)O)CCN(C(=O)C2(C)CCCCC2)CC1. The topological polar surface area (TPSA) is 57.6 Å². The molecule has 21 heavy (non-hydrogen) atoms. The van der Waals surface area contributed by atoms with E-state index in [4.69, 9.17) is 0 Å². The first-order valence-corrected chi connectivity index (χ1v) is 8.46. The number of likely N-dealkylation sites (tertiary alicyclic amines) is 1. The highest BCUT2D eigenvalue weighted by Crippen LogP contribution is 2.41. The first-order chi connectivity index (χ1) is 9.93. The molecular weight excluding hydrogens is 266 g/mol. The van der Waals surface area contributed by atoms with E-state index in [0.29, 0.717) is 25.9 Å². The Hall–Kier alpha value is -1.06. The Bertz CT molecular complexity index is 391. The van der Waals surface area contributed by atoms with Gasteiger partial charge in [0, 0.05) is 18.5 Å². The molecule has 0 atom stereocenters. The van der Waals surface area contributed by atoms with Gasteiger partial charge in [-0.25, -0.2) is 0 Å². The molecule has 0 radical (unpaired) electrons. The Morgan fingerprint density at radius 2 is 1.62 bits per heavy atom. The van der Waals surface area contributed by atoms with Crippen LogP contribution in [0.5, 0.6) is 0 Å². The summed E-state index contributed by atoms with van der Waals surface area (Å²) >= 11 is 0. The highest BCUT2D eigenvalue weighted by molar-refractivity contribution is 5.83. The van der Waals surface area contributed by atoms with Crippen LogP contribution < -0.4 is 0 Å². The van der Waals surface area contributed by atoms with Crippen LogP contribution in [0.1, 0.15) is 71.6 Å². The monoisotopic (exact) mass is 295 g/mol. The van der Waals surface area contributed by atoms with Crippen LogP contribution in [0.25, 0.3) is 0 Å². The van der Waals surface area contributed by atoms with Gasteiger partial charge in [-0.15, -0.1) is 0 Å². The number of amides is 1. The van der Waals surface area contributed by atoms with Crippen LogP contribution >= 0.6 is 0 Å². The molecule has 4 nitrogen and oxygen atoms in total. The third-order valence-electron chi connectivity index (χ3n) is 5.66. The molecule has 0 aromatic heterocycles. The number of carbonyl (C=O) groups excluding carboxylic acids is 1. The lowest BCUT2D eigenvalue weighted by Gasteiger charge is -2.43. The number of carboxylic acid groups (broad SMARTS) is 1. The molecule has 1 N–H and O–H groups in total. The minimum Gasteiger partial charge on any atom is -0.481 e. The second-order valence-corrected chi connectivity index (χ2v) is 7.25. The molecule has 120 valence electrons. The fourth-order valence-electron chi connectivity index (χ4n) is 4.11. The van der Waals surface area contributed by atoms with Crippen LogP contribution in [-0.2, 0) is 9.59 Å². The van der Waals surface area contributed by atoms with E-state index in [1.165, 1.54) is 6.42 Å².